The molecule has 0 aromatic heterocycles. The highest BCUT2D eigenvalue weighted by Gasteiger charge is 2.18. The van der Waals surface area contributed by atoms with Crippen molar-refractivity contribution in [2.24, 2.45) is 0 Å². The van der Waals surface area contributed by atoms with Crippen LogP contribution in [-0.4, -0.2) is 32.8 Å². The van der Waals surface area contributed by atoms with Crippen LogP contribution in [-0.2, 0) is 14.8 Å². The quantitative estimate of drug-likeness (QED) is 0.600. The molecule has 1 saturated carbocycles. The molecule has 1 aliphatic rings. The van der Waals surface area contributed by atoms with Gasteiger partial charge < -0.3 is 10.6 Å². The maximum absolute atomic E-state index is 12.6. The Morgan fingerprint density at radius 3 is 2.33 bits per heavy atom. The number of para-hydroxylation sites is 1. The van der Waals surface area contributed by atoms with Crippen molar-refractivity contribution in [1.82, 2.24) is 10.6 Å². The van der Waals surface area contributed by atoms with Crippen LogP contribution in [0.4, 0.5) is 5.69 Å². The highest BCUT2D eigenvalue weighted by Crippen LogP contribution is 2.20. The zero-order valence-electron chi connectivity index (χ0n) is 17.0. The first-order valence-corrected chi connectivity index (χ1v) is 11.6. The molecular formula is C22H27N3O4S. The molecule has 1 aliphatic carbocycles. The Balaban J connectivity index is 1.52. The summed E-state index contributed by atoms with van der Waals surface area (Å²) in [6, 6.07) is 13.1. The summed E-state index contributed by atoms with van der Waals surface area (Å²) in [5, 5.41) is 5.67. The monoisotopic (exact) mass is 429 g/mol. The molecule has 0 saturated heterocycles. The number of hydrogen-bond donors (Lipinski definition) is 3. The van der Waals surface area contributed by atoms with Gasteiger partial charge in [0.1, 0.15) is 0 Å². The first-order valence-electron chi connectivity index (χ1n) is 10.1. The molecule has 0 atom stereocenters. The van der Waals surface area contributed by atoms with Crippen molar-refractivity contribution in [2.75, 3.05) is 11.3 Å². The number of benzene rings is 2. The number of nitrogens with one attached hydrogen (secondary N) is 3. The summed E-state index contributed by atoms with van der Waals surface area (Å²) in [7, 11) is -3.75. The minimum Gasteiger partial charge on any atom is -0.353 e. The van der Waals surface area contributed by atoms with Gasteiger partial charge in [0, 0.05) is 24.6 Å². The SMILES string of the molecule is Cc1ccccc1NS(=O)(=O)c1ccc(C(=O)NCCC(=O)NC2CCCC2)cc1. The van der Waals surface area contributed by atoms with E-state index in [9.17, 15) is 18.0 Å². The molecular weight excluding hydrogens is 402 g/mol. The predicted molar refractivity (Wildman–Crippen MR) is 116 cm³/mol. The number of rotatable bonds is 8. The van der Waals surface area contributed by atoms with Crippen LogP contribution in [0.1, 0.15) is 48.0 Å². The smallest absolute Gasteiger partial charge is 0.261 e. The number of aryl methyl sites for hydroxylation is 1. The summed E-state index contributed by atoms with van der Waals surface area (Å²) in [5.74, 6) is -0.412. The second-order valence-corrected chi connectivity index (χ2v) is 9.18. The summed E-state index contributed by atoms with van der Waals surface area (Å²) >= 11 is 0. The van der Waals surface area contributed by atoms with Crippen molar-refractivity contribution in [1.29, 1.82) is 0 Å². The van der Waals surface area contributed by atoms with Gasteiger partial charge in [-0.2, -0.15) is 0 Å². The van der Waals surface area contributed by atoms with Gasteiger partial charge >= 0.3 is 0 Å². The summed E-state index contributed by atoms with van der Waals surface area (Å²) in [6.45, 7) is 2.05. The first kappa shape index (κ1) is 21.8. The Labute approximate surface area is 177 Å². The van der Waals surface area contributed by atoms with Crippen molar-refractivity contribution >= 4 is 27.5 Å². The van der Waals surface area contributed by atoms with Crippen molar-refractivity contribution in [3.8, 4) is 0 Å². The molecule has 0 unspecified atom stereocenters. The Kier molecular flexibility index (Phi) is 7.10. The van der Waals surface area contributed by atoms with Crippen LogP contribution in [0.2, 0.25) is 0 Å². The molecule has 0 heterocycles. The molecule has 2 aromatic rings. The van der Waals surface area contributed by atoms with Crippen LogP contribution in [0.25, 0.3) is 0 Å². The number of amides is 2. The number of anilines is 1. The van der Waals surface area contributed by atoms with Crippen LogP contribution < -0.4 is 15.4 Å². The van der Waals surface area contributed by atoms with E-state index in [1.165, 1.54) is 24.3 Å². The fourth-order valence-electron chi connectivity index (χ4n) is 3.44. The molecule has 160 valence electrons. The Morgan fingerprint density at radius 1 is 1.00 bits per heavy atom. The molecule has 1 fully saturated rings. The van der Waals surface area contributed by atoms with Crippen molar-refractivity contribution in [3.05, 3.63) is 59.7 Å². The van der Waals surface area contributed by atoms with Gasteiger partial charge in [-0.25, -0.2) is 8.42 Å². The third-order valence-corrected chi connectivity index (χ3v) is 6.56. The fraction of sp³-hybridized carbons (Fsp3) is 0.364. The zero-order valence-corrected chi connectivity index (χ0v) is 17.8. The highest BCUT2D eigenvalue weighted by atomic mass is 32.2. The largest absolute Gasteiger partial charge is 0.353 e. The van der Waals surface area contributed by atoms with E-state index in [1.807, 2.05) is 19.1 Å². The van der Waals surface area contributed by atoms with Gasteiger partial charge in [0.05, 0.1) is 10.6 Å². The zero-order chi connectivity index (χ0) is 21.6. The standard InChI is InChI=1S/C22H27N3O4S/c1-16-6-2-5-9-20(16)25-30(28,29)19-12-10-17(11-13-19)22(27)23-15-14-21(26)24-18-7-3-4-8-18/h2,5-6,9-13,18,25H,3-4,7-8,14-15H2,1H3,(H,23,27)(H,24,26). The topological polar surface area (TPSA) is 104 Å². The van der Waals surface area contributed by atoms with Gasteiger partial charge in [0.25, 0.3) is 15.9 Å². The normalized spacial score (nSPS) is 14.3. The summed E-state index contributed by atoms with van der Waals surface area (Å²) in [4.78, 5) is 24.2. The molecule has 3 rings (SSSR count). The van der Waals surface area contributed by atoms with Crippen molar-refractivity contribution in [2.45, 2.75) is 50.0 Å². The maximum atomic E-state index is 12.6. The molecule has 0 bridgehead atoms. The average Bonchev–Trinajstić information content (AvgIpc) is 3.22. The minimum atomic E-state index is -3.75. The van der Waals surface area contributed by atoms with E-state index in [2.05, 4.69) is 15.4 Å². The van der Waals surface area contributed by atoms with E-state index in [0.29, 0.717) is 11.3 Å². The van der Waals surface area contributed by atoms with Gasteiger partial charge in [-0.05, 0) is 55.7 Å². The lowest BCUT2D eigenvalue weighted by molar-refractivity contribution is -0.121. The molecule has 0 radical (unpaired) electrons. The van der Waals surface area contributed by atoms with E-state index >= 15 is 0 Å². The highest BCUT2D eigenvalue weighted by molar-refractivity contribution is 7.92. The lowest BCUT2D eigenvalue weighted by atomic mass is 10.2. The third-order valence-electron chi connectivity index (χ3n) is 5.17. The van der Waals surface area contributed by atoms with E-state index < -0.39 is 10.0 Å². The molecule has 2 amide bonds. The van der Waals surface area contributed by atoms with Gasteiger partial charge in [0.15, 0.2) is 0 Å². The van der Waals surface area contributed by atoms with Crippen LogP contribution >= 0.6 is 0 Å². The maximum Gasteiger partial charge on any atom is 0.261 e. The van der Waals surface area contributed by atoms with Crippen molar-refractivity contribution < 1.29 is 18.0 Å². The third kappa shape index (κ3) is 5.82. The molecule has 2 aromatic carbocycles. The molecule has 30 heavy (non-hydrogen) atoms. The van der Waals surface area contributed by atoms with Crippen LogP contribution in [0, 0.1) is 6.92 Å². The lowest BCUT2D eigenvalue weighted by Gasteiger charge is -2.12. The number of carbonyl (C=O) groups excluding carboxylic acids is 2. The summed E-state index contributed by atoms with van der Waals surface area (Å²) in [5.41, 5.74) is 1.66. The van der Waals surface area contributed by atoms with Crippen molar-refractivity contribution in [3.63, 3.8) is 0 Å². The number of hydrogen-bond acceptors (Lipinski definition) is 4. The van der Waals surface area contributed by atoms with E-state index in [-0.39, 0.29) is 35.7 Å². The number of carbonyl (C=O) groups is 2. The number of sulfonamides is 1. The molecule has 0 aliphatic heterocycles. The lowest BCUT2D eigenvalue weighted by Crippen LogP contribution is -2.35. The van der Waals surface area contributed by atoms with E-state index in [0.717, 1.165) is 31.2 Å². The second-order valence-electron chi connectivity index (χ2n) is 7.50. The first-order chi connectivity index (χ1) is 14.3. The second kappa shape index (κ2) is 9.75. The van der Waals surface area contributed by atoms with Crippen LogP contribution in [0.3, 0.4) is 0 Å². The fourth-order valence-corrected chi connectivity index (χ4v) is 4.57. The summed E-state index contributed by atoms with van der Waals surface area (Å²) < 4.78 is 27.7. The van der Waals surface area contributed by atoms with E-state index in [4.69, 9.17) is 0 Å². The predicted octanol–water partition coefficient (Wildman–Crippen LogP) is 2.97. The Hall–Kier alpha value is -2.87. The van der Waals surface area contributed by atoms with E-state index in [1.54, 1.807) is 12.1 Å². The van der Waals surface area contributed by atoms with Crippen LogP contribution in [0.15, 0.2) is 53.4 Å². The minimum absolute atomic E-state index is 0.0640. The average molecular weight is 430 g/mol. The van der Waals surface area contributed by atoms with Crippen LogP contribution in [0.5, 0.6) is 0 Å². The molecule has 0 spiro atoms. The molecule has 3 N–H and O–H groups in total. The van der Waals surface area contributed by atoms with Gasteiger partial charge in [-0.1, -0.05) is 31.0 Å². The Morgan fingerprint density at radius 2 is 1.67 bits per heavy atom. The Bertz CT molecular complexity index is 997. The van der Waals surface area contributed by atoms with Gasteiger partial charge in [-0.3, -0.25) is 14.3 Å². The molecule has 7 nitrogen and oxygen atoms in total. The summed E-state index contributed by atoms with van der Waals surface area (Å²) in [6.07, 6.45) is 4.55. The van der Waals surface area contributed by atoms with Gasteiger partial charge in [-0.15, -0.1) is 0 Å². The van der Waals surface area contributed by atoms with Gasteiger partial charge in [0.2, 0.25) is 5.91 Å². The molecule has 8 heteroatoms.